The molecule has 2 amide bonds. The molecule has 0 saturated carbocycles. The number of hydrogen-bond donors (Lipinski definition) is 2. The van der Waals surface area contributed by atoms with E-state index in [1.807, 2.05) is 36.4 Å². The van der Waals surface area contributed by atoms with Gasteiger partial charge in [-0.1, -0.05) is 42.5 Å². The van der Waals surface area contributed by atoms with Crippen molar-refractivity contribution >= 4 is 17.5 Å². The number of hydrogen-bond acceptors (Lipinski definition) is 3. The van der Waals surface area contributed by atoms with Crippen molar-refractivity contribution in [3.63, 3.8) is 0 Å². The number of benzene rings is 3. The van der Waals surface area contributed by atoms with Crippen LogP contribution in [0.5, 0.6) is 0 Å². The van der Waals surface area contributed by atoms with E-state index in [0.29, 0.717) is 30.9 Å². The molecule has 0 aromatic heterocycles. The van der Waals surface area contributed by atoms with Crippen LogP contribution in [0.15, 0.2) is 72.8 Å². The van der Waals surface area contributed by atoms with Crippen LogP contribution in [-0.2, 0) is 24.4 Å². The van der Waals surface area contributed by atoms with Crippen LogP contribution in [0.2, 0.25) is 0 Å². The summed E-state index contributed by atoms with van der Waals surface area (Å²) in [6.07, 6.45) is 0. The van der Waals surface area contributed by atoms with E-state index < -0.39 is 5.82 Å². The summed E-state index contributed by atoms with van der Waals surface area (Å²) in [5.41, 5.74) is 9.53. The Kier molecular flexibility index (Phi) is 6.93. The first kappa shape index (κ1) is 21.2. The van der Waals surface area contributed by atoms with E-state index in [9.17, 15) is 14.0 Å². The molecule has 3 rings (SSSR count). The van der Waals surface area contributed by atoms with Crippen LogP contribution in [0.4, 0.5) is 10.1 Å². The Morgan fingerprint density at radius 1 is 0.900 bits per heavy atom. The van der Waals surface area contributed by atoms with Crippen LogP contribution in [0.3, 0.4) is 0 Å². The standard InChI is InChI=1S/C24H24FN3O2/c1-17(29)27-23-10-8-18(9-11-23)15-28(16-20-5-2-4-19(12-20)14-26)24(30)21-6-3-7-22(25)13-21/h2-13H,14-16,26H2,1H3,(H,27,29). The first-order chi connectivity index (χ1) is 14.4. The van der Waals surface area contributed by atoms with Gasteiger partial charge in [0.15, 0.2) is 0 Å². The van der Waals surface area contributed by atoms with E-state index >= 15 is 0 Å². The average molecular weight is 405 g/mol. The van der Waals surface area contributed by atoms with E-state index in [1.54, 1.807) is 23.1 Å². The van der Waals surface area contributed by atoms with Gasteiger partial charge in [0.2, 0.25) is 5.91 Å². The SMILES string of the molecule is CC(=O)Nc1ccc(CN(Cc2cccc(CN)c2)C(=O)c2cccc(F)c2)cc1. The van der Waals surface area contributed by atoms with Crippen molar-refractivity contribution in [1.82, 2.24) is 4.90 Å². The molecule has 0 saturated heterocycles. The zero-order valence-electron chi connectivity index (χ0n) is 16.8. The number of halogens is 1. The summed E-state index contributed by atoms with van der Waals surface area (Å²) in [4.78, 5) is 26.0. The molecular weight excluding hydrogens is 381 g/mol. The third kappa shape index (κ3) is 5.75. The van der Waals surface area contributed by atoms with Gasteiger partial charge in [-0.25, -0.2) is 4.39 Å². The fourth-order valence-corrected chi connectivity index (χ4v) is 3.20. The summed E-state index contributed by atoms with van der Waals surface area (Å²) in [6.45, 7) is 2.55. The van der Waals surface area contributed by atoms with Gasteiger partial charge in [-0.15, -0.1) is 0 Å². The van der Waals surface area contributed by atoms with Gasteiger partial charge in [-0.05, 0) is 47.0 Å². The van der Waals surface area contributed by atoms with Crippen molar-refractivity contribution < 1.29 is 14.0 Å². The van der Waals surface area contributed by atoms with Gasteiger partial charge in [-0.3, -0.25) is 9.59 Å². The molecule has 0 aliphatic heterocycles. The summed E-state index contributed by atoms with van der Waals surface area (Å²) in [5, 5.41) is 2.72. The highest BCUT2D eigenvalue weighted by Gasteiger charge is 2.17. The lowest BCUT2D eigenvalue weighted by Crippen LogP contribution is -2.30. The number of carbonyl (C=O) groups excluding carboxylic acids is 2. The number of nitrogens with one attached hydrogen (secondary N) is 1. The highest BCUT2D eigenvalue weighted by Crippen LogP contribution is 2.18. The highest BCUT2D eigenvalue weighted by atomic mass is 19.1. The van der Waals surface area contributed by atoms with Crippen molar-refractivity contribution in [2.75, 3.05) is 5.32 Å². The van der Waals surface area contributed by atoms with Gasteiger partial charge in [-0.2, -0.15) is 0 Å². The summed E-state index contributed by atoms with van der Waals surface area (Å²) >= 11 is 0. The lowest BCUT2D eigenvalue weighted by atomic mass is 10.1. The normalized spacial score (nSPS) is 10.5. The van der Waals surface area contributed by atoms with Crippen molar-refractivity contribution in [1.29, 1.82) is 0 Å². The largest absolute Gasteiger partial charge is 0.330 e. The summed E-state index contributed by atoms with van der Waals surface area (Å²) in [6, 6.07) is 20.7. The lowest BCUT2D eigenvalue weighted by molar-refractivity contribution is -0.114. The number of anilines is 1. The Bertz CT molecular complexity index is 1030. The summed E-state index contributed by atoms with van der Waals surface area (Å²) < 4.78 is 13.7. The van der Waals surface area contributed by atoms with Gasteiger partial charge < -0.3 is 16.0 Å². The first-order valence-electron chi connectivity index (χ1n) is 9.64. The minimum atomic E-state index is -0.453. The lowest BCUT2D eigenvalue weighted by Gasteiger charge is -2.24. The van der Waals surface area contributed by atoms with Gasteiger partial charge >= 0.3 is 0 Å². The molecule has 0 fully saturated rings. The van der Waals surface area contributed by atoms with E-state index in [0.717, 1.165) is 16.7 Å². The average Bonchev–Trinajstić information content (AvgIpc) is 2.74. The molecule has 0 aliphatic rings. The molecule has 0 bridgehead atoms. The van der Waals surface area contributed by atoms with Crippen LogP contribution in [0.1, 0.15) is 34.0 Å². The van der Waals surface area contributed by atoms with E-state index in [4.69, 9.17) is 5.73 Å². The smallest absolute Gasteiger partial charge is 0.254 e. The molecule has 5 nitrogen and oxygen atoms in total. The Labute approximate surface area is 175 Å². The summed E-state index contributed by atoms with van der Waals surface area (Å²) in [7, 11) is 0. The quantitative estimate of drug-likeness (QED) is 0.622. The number of nitrogens with zero attached hydrogens (tertiary/aromatic N) is 1. The Morgan fingerprint density at radius 3 is 2.23 bits per heavy atom. The minimum absolute atomic E-state index is 0.148. The molecule has 3 aromatic carbocycles. The van der Waals surface area contributed by atoms with Crippen LogP contribution in [-0.4, -0.2) is 16.7 Å². The fraction of sp³-hybridized carbons (Fsp3) is 0.167. The van der Waals surface area contributed by atoms with Gasteiger partial charge in [0.1, 0.15) is 5.82 Å². The molecule has 0 spiro atoms. The maximum Gasteiger partial charge on any atom is 0.254 e. The zero-order valence-corrected chi connectivity index (χ0v) is 16.8. The van der Waals surface area contributed by atoms with E-state index in [2.05, 4.69) is 5.32 Å². The third-order valence-electron chi connectivity index (χ3n) is 4.61. The second-order valence-corrected chi connectivity index (χ2v) is 7.07. The summed E-state index contributed by atoms with van der Waals surface area (Å²) in [5.74, 6) is -0.866. The molecule has 0 heterocycles. The third-order valence-corrected chi connectivity index (χ3v) is 4.61. The number of carbonyl (C=O) groups is 2. The Hall–Kier alpha value is -3.51. The van der Waals surface area contributed by atoms with Crippen LogP contribution in [0.25, 0.3) is 0 Å². The van der Waals surface area contributed by atoms with Crippen molar-refractivity contribution in [2.24, 2.45) is 5.73 Å². The molecular formula is C24H24FN3O2. The van der Waals surface area contributed by atoms with Gasteiger partial charge in [0.25, 0.3) is 5.91 Å². The van der Waals surface area contributed by atoms with Gasteiger partial charge in [0, 0.05) is 37.8 Å². The molecule has 0 aliphatic carbocycles. The minimum Gasteiger partial charge on any atom is -0.330 e. The Balaban J connectivity index is 1.86. The van der Waals surface area contributed by atoms with Crippen LogP contribution >= 0.6 is 0 Å². The van der Waals surface area contributed by atoms with Gasteiger partial charge in [0.05, 0.1) is 0 Å². The second kappa shape index (κ2) is 9.80. The zero-order chi connectivity index (χ0) is 21.5. The first-order valence-corrected chi connectivity index (χ1v) is 9.64. The topological polar surface area (TPSA) is 75.4 Å². The van der Waals surface area contributed by atoms with Crippen LogP contribution < -0.4 is 11.1 Å². The van der Waals surface area contributed by atoms with E-state index in [1.165, 1.54) is 25.1 Å². The number of nitrogens with two attached hydrogens (primary N) is 1. The van der Waals surface area contributed by atoms with Crippen LogP contribution in [0, 0.1) is 5.82 Å². The molecule has 154 valence electrons. The maximum atomic E-state index is 13.7. The molecule has 6 heteroatoms. The highest BCUT2D eigenvalue weighted by molar-refractivity contribution is 5.94. The molecule has 0 atom stereocenters. The molecule has 3 aromatic rings. The number of amides is 2. The van der Waals surface area contributed by atoms with Crippen molar-refractivity contribution in [2.45, 2.75) is 26.6 Å². The molecule has 0 radical (unpaired) electrons. The van der Waals surface area contributed by atoms with E-state index in [-0.39, 0.29) is 11.8 Å². The predicted octanol–water partition coefficient (Wildman–Crippen LogP) is 4.09. The monoisotopic (exact) mass is 405 g/mol. The number of rotatable bonds is 7. The van der Waals surface area contributed by atoms with Crippen molar-refractivity contribution in [3.05, 3.63) is 101 Å². The maximum absolute atomic E-state index is 13.7. The fourth-order valence-electron chi connectivity index (χ4n) is 3.20. The molecule has 30 heavy (non-hydrogen) atoms. The molecule has 3 N–H and O–H groups in total. The molecule has 0 unspecified atom stereocenters. The Morgan fingerprint density at radius 2 is 1.57 bits per heavy atom. The van der Waals surface area contributed by atoms with Crippen molar-refractivity contribution in [3.8, 4) is 0 Å². The second-order valence-electron chi connectivity index (χ2n) is 7.07. The predicted molar refractivity (Wildman–Crippen MR) is 115 cm³/mol.